The first-order chi connectivity index (χ1) is 13.8. The van der Waals surface area contributed by atoms with Gasteiger partial charge in [-0.15, -0.1) is 19.6 Å². The third-order valence-corrected chi connectivity index (χ3v) is 3.83. The lowest BCUT2D eigenvalue weighted by Crippen LogP contribution is -2.23. The maximum atomic E-state index is 12.2. The monoisotopic (exact) mass is 407 g/mol. The van der Waals surface area contributed by atoms with E-state index in [9.17, 15) is 18.0 Å². The van der Waals surface area contributed by atoms with Crippen molar-refractivity contribution < 1.29 is 32.2 Å². The summed E-state index contributed by atoms with van der Waals surface area (Å²) in [6.45, 7) is 0.382. The highest BCUT2D eigenvalue weighted by molar-refractivity contribution is 5.76. The number of benzene rings is 2. The third kappa shape index (κ3) is 7.66. The zero-order chi connectivity index (χ0) is 21.3. The van der Waals surface area contributed by atoms with E-state index in [0.29, 0.717) is 17.9 Å². The highest BCUT2D eigenvalue weighted by atomic mass is 19.4. The summed E-state index contributed by atoms with van der Waals surface area (Å²) >= 11 is 0. The van der Waals surface area contributed by atoms with Crippen molar-refractivity contribution in [2.75, 3.05) is 13.7 Å². The Bertz CT molecular complexity index is 858. The third-order valence-electron chi connectivity index (χ3n) is 3.83. The molecule has 5 nitrogen and oxygen atoms in total. The Kier molecular flexibility index (Phi) is 7.78. The van der Waals surface area contributed by atoms with Gasteiger partial charge in [-0.1, -0.05) is 24.1 Å². The van der Waals surface area contributed by atoms with Crippen LogP contribution in [0.2, 0.25) is 0 Å². The summed E-state index contributed by atoms with van der Waals surface area (Å²) in [5.74, 6) is 2.90. The Morgan fingerprint density at radius 1 is 1.10 bits per heavy atom. The second kappa shape index (κ2) is 10.3. The summed E-state index contributed by atoms with van der Waals surface area (Å²) in [5, 5.41) is 2.78. The predicted molar refractivity (Wildman–Crippen MR) is 101 cm³/mol. The molecule has 1 N–H and O–H groups in total. The SMILES string of the molecule is C#CCOc1cc(CNC(=O)CCc2ccc(OC(F)(F)F)cc2)ccc1OC. The molecule has 0 saturated carbocycles. The van der Waals surface area contributed by atoms with Crippen molar-refractivity contribution in [2.45, 2.75) is 25.7 Å². The molecule has 2 aromatic rings. The van der Waals surface area contributed by atoms with Gasteiger partial charge in [-0.25, -0.2) is 0 Å². The fourth-order valence-corrected chi connectivity index (χ4v) is 2.47. The van der Waals surface area contributed by atoms with E-state index in [1.165, 1.54) is 31.4 Å². The molecule has 8 heteroatoms. The molecular weight excluding hydrogens is 387 g/mol. The number of aryl methyl sites for hydroxylation is 1. The van der Waals surface area contributed by atoms with Crippen molar-refractivity contribution >= 4 is 5.91 Å². The minimum absolute atomic E-state index is 0.0962. The molecule has 0 aliphatic heterocycles. The van der Waals surface area contributed by atoms with Gasteiger partial charge in [0, 0.05) is 13.0 Å². The van der Waals surface area contributed by atoms with Gasteiger partial charge in [0.2, 0.25) is 5.91 Å². The van der Waals surface area contributed by atoms with Crippen LogP contribution in [-0.4, -0.2) is 26.0 Å². The highest BCUT2D eigenvalue weighted by Gasteiger charge is 2.30. The van der Waals surface area contributed by atoms with E-state index >= 15 is 0 Å². The van der Waals surface area contributed by atoms with Crippen molar-refractivity contribution in [3.05, 3.63) is 53.6 Å². The van der Waals surface area contributed by atoms with E-state index < -0.39 is 6.36 Å². The molecule has 0 aromatic heterocycles. The molecule has 0 spiro atoms. The van der Waals surface area contributed by atoms with E-state index in [1.807, 2.05) is 0 Å². The van der Waals surface area contributed by atoms with Crippen LogP contribution in [0.1, 0.15) is 17.5 Å². The number of amides is 1. The molecule has 0 radical (unpaired) electrons. The second-order valence-electron chi connectivity index (χ2n) is 5.95. The zero-order valence-corrected chi connectivity index (χ0v) is 15.7. The largest absolute Gasteiger partial charge is 0.573 e. The number of carbonyl (C=O) groups is 1. The summed E-state index contributed by atoms with van der Waals surface area (Å²) in [6.07, 6.45) is 1.04. The van der Waals surface area contributed by atoms with Gasteiger partial charge in [-0.05, 0) is 41.8 Å². The fraction of sp³-hybridized carbons (Fsp3) is 0.286. The Morgan fingerprint density at radius 2 is 1.79 bits per heavy atom. The number of carbonyl (C=O) groups excluding carboxylic acids is 1. The molecule has 0 heterocycles. The van der Waals surface area contributed by atoms with E-state index in [4.69, 9.17) is 15.9 Å². The molecule has 0 aliphatic carbocycles. The van der Waals surface area contributed by atoms with E-state index in [0.717, 1.165) is 11.1 Å². The molecule has 1 amide bonds. The van der Waals surface area contributed by atoms with Gasteiger partial charge in [-0.2, -0.15) is 0 Å². The highest BCUT2D eigenvalue weighted by Crippen LogP contribution is 2.28. The zero-order valence-electron chi connectivity index (χ0n) is 15.7. The average molecular weight is 407 g/mol. The van der Waals surface area contributed by atoms with Crippen molar-refractivity contribution in [2.24, 2.45) is 0 Å². The molecule has 0 fully saturated rings. The lowest BCUT2D eigenvalue weighted by atomic mass is 10.1. The number of rotatable bonds is 9. The number of hydrogen-bond donors (Lipinski definition) is 1. The van der Waals surface area contributed by atoms with Crippen molar-refractivity contribution in [3.63, 3.8) is 0 Å². The summed E-state index contributed by atoms with van der Waals surface area (Å²) in [7, 11) is 1.52. The van der Waals surface area contributed by atoms with Crippen LogP contribution in [0.4, 0.5) is 13.2 Å². The van der Waals surface area contributed by atoms with E-state index in [1.54, 1.807) is 18.2 Å². The van der Waals surface area contributed by atoms with Crippen molar-refractivity contribution in [3.8, 4) is 29.6 Å². The minimum atomic E-state index is -4.73. The lowest BCUT2D eigenvalue weighted by Gasteiger charge is -2.11. The van der Waals surface area contributed by atoms with Crippen LogP contribution in [0.15, 0.2) is 42.5 Å². The molecule has 0 unspecified atom stereocenters. The van der Waals surface area contributed by atoms with Crippen LogP contribution in [0.25, 0.3) is 0 Å². The van der Waals surface area contributed by atoms with Crippen LogP contribution in [0.5, 0.6) is 17.2 Å². The van der Waals surface area contributed by atoms with Crippen LogP contribution in [0, 0.1) is 12.3 Å². The van der Waals surface area contributed by atoms with Crippen molar-refractivity contribution in [1.82, 2.24) is 5.32 Å². The number of methoxy groups -OCH3 is 1. The standard InChI is InChI=1S/C21H20F3NO4/c1-3-12-28-19-13-16(6-10-18(19)27-2)14-25-20(26)11-7-15-4-8-17(9-5-15)29-21(22,23)24/h1,4-6,8-10,13H,7,11-12,14H2,2H3,(H,25,26). The van der Waals surface area contributed by atoms with Gasteiger partial charge >= 0.3 is 6.36 Å². The molecule has 29 heavy (non-hydrogen) atoms. The predicted octanol–water partition coefficient (Wildman–Crippen LogP) is 3.85. The first-order valence-corrected chi connectivity index (χ1v) is 8.65. The fourth-order valence-electron chi connectivity index (χ4n) is 2.47. The molecule has 2 rings (SSSR count). The normalized spacial score (nSPS) is 10.7. The molecule has 0 atom stereocenters. The first kappa shape index (κ1) is 22.0. The molecule has 0 bridgehead atoms. The van der Waals surface area contributed by atoms with Gasteiger partial charge < -0.3 is 19.5 Å². The quantitative estimate of drug-likeness (QED) is 0.642. The minimum Gasteiger partial charge on any atom is -0.493 e. The summed E-state index contributed by atoms with van der Waals surface area (Å²) in [5.41, 5.74) is 1.53. The van der Waals surface area contributed by atoms with Gasteiger partial charge in [0.1, 0.15) is 12.4 Å². The van der Waals surface area contributed by atoms with Crippen LogP contribution < -0.4 is 19.5 Å². The van der Waals surface area contributed by atoms with Crippen LogP contribution in [0.3, 0.4) is 0 Å². The smallest absolute Gasteiger partial charge is 0.493 e. The number of halogens is 3. The number of alkyl halides is 3. The van der Waals surface area contributed by atoms with Crippen LogP contribution >= 0.6 is 0 Å². The number of terminal acetylenes is 1. The Hall–Kier alpha value is -3.34. The Morgan fingerprint density at radius 3 is 2.41 bits per heavy atom. The van der Waals surface area contributed by atoms with Crippen LogP contribution in [-0.2, 0) is 17.8 Å². The maximum absolute atomic E-state index is 12.2. The Balaban J connectivity index is 1.83. The number of hydrogen-bond acceptors (Lipinski definition) is 4. The van der Waals surface area contributed by atoms with Gasteiger partial charge in [0.15, 0.2) is 11.5 Å². The van der Waals surface area contributed by atoms with E-state index in [2.05, 4.69) is 16.0 Å². The summed E-state index contributed by atoms with van der Waals surface area (Å²) in [6, 6.07) is 10.7. The molecule has 154 valence electrons. The maximum Gasteiger partial charge on any atom is 0.573 e. The summed E-state index contributed by atoms with van der Waals surface area (Å²) < 4.78 is 50.9. The topological polar surface area (TPSA) is 56.8 Å². The van der Waals surface area contributed by atoms with E-state index in [-0.39, 0.29) is 31.2 Å². The van der Waals surface area contributed by atoms with Gasteiger partial charge in [0.25, 0.3) is 0 Å². The Labute approximate surface area is 166 Å². The first-order valence-electron chi connectivity index (χ1n) is 8.65. The van der Waals surface area contributed by atoms with Crippen molar-refractivity contribution in [1.29, 1.82) is 0 Å². The number of nitrogens with one attached hydrogen (secondary N) is 1. The molecular formula is C21H20F3NO4. The average Bonchev–Trinajstić information content (AvgIpc) is 2.69. The number of ether oxygens (including phenoxy) is 3. The van der Waals surface area contributed by atoms with Gasteiger partial charge in [0.05, 0.1) is 7.11 Å². The molecule has 0 saturated heterocycles. The summed E-state index contributed by atoms with van der Waals surface area (Å²) in [4.78, 5) is 12.1. The second-order valence-corrected chi connectivity index (χ2v) is 5.95. The molecule has 2 aromatic carbocycles. The van der Waals surface area contributed by atoms with Gasteiger partial charge in [-0.3, -0.25) is 4.79 Å². The molecule has 0 aliphatic rings. The lowest BCUT2D eigenvalue weighted by molar-refractivity contribution is -0.274.